The minimum Gasteiger partial charge on any atom is -0.454 e. The van der Waals surface area contributed by atoms with Crippen LogP contribution in [-0.4, -0.2) is 10.9 Å². The van der Waals surface area contributed by atoms with E-state index in [9.17, 15) is 9.18 Å². The highest BCUT2D eigenvalue weighted by Gasteiger charge is 2.20. The summed E-state index contributed by atoms with van der Waals surface area (Å²) in [6.45, 7) is 0.353. The van der Waals surface area contributed by atoms with Crippen molar-refractivity contribution < 1.29 is 13.9 Å². The van der Waals surface area contributed by atoms with E-state index in [1.54, 1.807) is 30.5 Å². The molecule has 1 aromatic carbocycles. The maximum atomic E-state index is 13.6. The van der Waals surface area contributed by atoms with Crippen LogP contribution in [0.3, 0.4) is 0 Å². The summed E-state index contributed by atoms with van der Waals surface area (Å²) in [4.78, 5) is 15.5. The number of carbonyl (C=O) groups excluding carboxylic acids is 1. The standard InChI is InChI=1S/C14H11FN2O2/c15-10-3-1-2-4-13(10)19-12-5-6-16-11-7-14(18)17-8-9(11)12/h1-6H,7-8H2,(H,17,18). The number of nitrogens with one attached hydrogen (secondary N) is 1. The lowest BCUT2D eigenvalue weighted by atomic mass is 10.1. The smallest absolute Gasteiger partial charge is 0.226 e. The third kappa shape index (κ3) is 2.27. The molecule has 1 aliphatic rings. The molecule has 1 N–H and O–H groups in total. The summed E-state index contributed by atoms with van der Waals surface area (Å²) < 4.78 is 19.1. The predicted molar refractivity (Wildman–Crippen MR) is 66.3 cm³/mol. The van der Waals surface area contributed by atoms with Crippen molar-refractivity contribution >= 4 is 5.91 Å². The third-order valence-corrected chi connectivity index (χ3v) is 2.95. The lowest BCUT2D eigenvalue weighted by Gasteiger charge is -2.19. The number of benzene rings is 1. The number of nitrogens with zero attached hydrogens (tertiary/aromatic N) is 1. The van der Waals surface area contributed by atoms with Gasteiger partial charge >= 0.3 is 0 Å². The second-order valence-corrected chi connectivity index (χ2v) is 4.22. The van der Waals surface area contributed by atoms with E-state index in [1.807, 2.05) is 0 Å². The number of rotatable bonds is 2. The summed E-state index contributed by atoms with van der Waals surface area (Å²) in [6.07, 6.45) is 1.79. The first-order valence-corrected chi connectivity index (χ1v) is 5.90. The number of fused-ring (bicyclic) bond motifs is 1. The van der Waals surface area contributed by atoms with Crippen molar-refractivity contribution in [3.8, 4) is 11.5 Å². The molecule has 1 aliphatic heterocycles. The fourth-order valence-corrected chi connectivity index (χ4v) is 2.00. The normalized spacial score (nSPS) is 13.6. The van der Waals surface area contributed by atoms with Gasteiger partial charge in [0.15, 0.2) is 11.6 Å². The molecule has 0 aliphatic carbocycles. The quantitative estimate of drug-likeness (QED) is 0.898. The van der Waals surface area contributed by atoms with Gasteiger partial charge < -0.3 is 10.1 Å². The first kappa shape index (κ1) is 11.6. The molecule has 96 valence electrons. The molecule has 0 radical (unpaired) electrons. The van der Waals surface area contributed by atoms with E-state index in [2.05, 4.69) is 10.3 Å². The Labute approximate surface area is 109 Å². The van der Waals surface area contributed by atoms with Gasteiger partial charge in [-0.25, -0.2) is 4.39 Å². The van der Waals surface area contributed by atoms with Crippen molar-refractivity contribution in [1.82, 2.24) is 10.3 Å². The van der Waals surface area contributed by atoms with Gasteiger partial charge in [-0.05, 0) is 18.2 Å². The molecule has 2 heterocycles. The molecule has 0 atom stereocenters. The fraction of sp³-hybridized carbons (Fsp3) is 0.143. The van der Waals surface area contributed by atoms with Crippen LogP contribution in [-0.2, 0) is 17.8 Å². The zero-order valence-corrected chi connectivity index (χ0v) is 10.0. The zero-order chi connectivity index (χ0) is 13.2. The van der Waals surface area contributed by atoms with Gasteiger partial charge in [-0.3, -0.25) is 9.78 Å². The number of halogens is 1. The lowest BCUT2D eigenvalue weighted by Crippen LogP contribution is -2.31. The Balaban J connectivity index is 1.96. The van der Waals surface area contributed by atoms with Crippen LogP contribution in [0.15, 0.2) is 36.5 Å². The Morgan fingerprint density at radius 2 is 2.05 bits per heavy atom. The number of ether oxygens (including phenoxy) is 1. The molecule has 5 heteroatoms. The lowest BCUT2D eigenvalue weighted by molar-refractivity contribution is -0.121. The second-order valence-electron chi connectivity index (χ2n) is 4.22. The van der Waals surface area contributed by atoms with Gasteiger partial charge in [0.05, 0.1) is 12.1 Å². The van der Waals surface area contributed by atoms with Crippen LogP contribution in [0.25, 0.3) is 0 Å². The second kappa shape index (κ2) is 4.68. The molecular weight excluding hydrogens is 247 g/mol. The highest BCUT2D eigenvalue weighted by Crippen LogP contribution is 2.29. The summed E-state index contributed by atoms with van der Waals surface area (Å²) >= 11 is 0. The van der Waals surface area contributed by atoms with Gasteiger partial charge in [0, 0.05) is 18.3 Å². The third-order valence-electron chi connectivity index (χ3n) is 2.95. The van der Waals surface area contributed by atoms with Gasteiger partial charge in [-0.2, -0.15) is 0 Å². The topological polar surface area (TPSA) is 51.2 Å². The molecule has 0 bridgehead atoms. The molecule has 2 aromatic rings. The van der Waals surface area contributed by atoms with E-state index in [0.717, 1.165) is 5.56 Å². The summed E-state index contributed by atoms with van der Waals surface area (Å²) in [6, 6.07) is 7.87. The maximum absolute atomic E-state index is 13.6. The summed E-state index contributed by atoms with van der Waals surface area (Å²) in [5.74, 6) is 0.193. The number of para-hydroxylation sites is 1. The number of carbonyl (C=O) groups is 1. The first-order valence-electron chi connectivity index (χ1n) is 5.90. The van der Waals surface area contributed by atoms with Crippen LogP contribution < -0.4 is 10.1 Å². The number of amides is 1. The van der Waals surface area contributed by atoms with Crippen molar-refractivity contribution in [2.45, 2.75) is 13.0 Å². The molecule has 0 fully saturated rings. The number of aromatic nitrogens is 1. The van der Waals surface area contributed by atoms with E-state index in [1.165, 1.54) is 6.07 Å². The van der Waals surface area contributed by atoms with E-state index in [0.29, 0.717) is 18.0 Å². The molecule has 0 spiro atoms. The van der Waals surface area contributed by atoms with Gasteiger partial charge in [0.1, 0.15) is 5.75 Å². The van der Waals surface area contributed by atoms with Gasteiger partial charge in [0.25, 0.3) is 0 Å². The molecule has 0 unspecified atom stereocenters. The Kier molecular flexibility index (Phi) is 2.87. The highest BCUT2D eigenvalue weighted by atomic mass is 19.1. The van der Waals surface area contributed by atoms with Crippen molar-refractivity contribution in [2.24, 2.45) is 0 Å². The Hall–Kier alpha value is -2.43. The minimum absolute atomic E-state index is 0.0666. The van der Waals surface area contributed by atoms with Crippen LogP contribution in [0.2, 0.25) is 0 Å². The van der Waals surface area contributed by atoms with E-state index in [-0.39, 0.29) is 18.1 Å². The van der Waals surface area contributed by atoms with Crippen LogP contribution in [0.4, 0.5) is 4.39 Å². The van der Waals surface area contributed by atoms with Crippen LogP contribution in [0, 0.1) is 5.82 Å². The van der Waals surface area contributed by atoms with Crippen molar-refractivity contribution in [2.75, 3.05) is 0 Å². The average molecular weight is 258 g/mol. The van der Waals surface area contributed by atoms with Crippen LogP contribution >= 0.6 is 0 Å². The van der Waals surface area contributed by atoms with Gasteiger partial charge in [0.2, 0.25) is 5.91 Å². The minimum atomic E-state index is -0.423. The number of pyridine rings is 1. The summed E-state index contributed by atoms with van der Waals surface area (Å²) in [5, 5.41) is 2.73. The molecule has 3 rings (SSSR count). The van der Waals surface area contributed by atoms with Crippen molar-refractivity contribution in [3.63, 3.8) is 0 Å². The van der Waals surface area contributed by atoms with Crippen LogP contribution in [0.5, 0.6) is 11.5 Å². The highest BCUT2D eigenvalue weighted by molar-refractivity contribution is 5.80. The molecular formula is C14H11FN2O2. The SMILES string of the molecule is O=C1Cc2nccc(Oc3ccccc3F)c2CN1. The molecule has 1 aromatic heterocycles. The number of hydrogen-bond donors (Lipinski definition) is 1. The maximum Gasteiger partial charge on any atom is 0.226 e. The monoisotopic (exact) mass is 258 g/mol. The Morgan fingerprint density at radius 1 is 1.21 bits per heavy atom. The van der Waals surface area contributed by atoms with Crippen molar-refractivity contribution in [1.29, 1.82) is 0 Å². The summed E-state index contributed by atoms with van der Waals surface area (Å²) in [7, 11) is 0. The van der Waals surface area contributed by atoms with Gasteiger partial charge in [-0.1, -0.05) is 12.1 Å². The first-order chi connectivity index (χ1) is 9.24. The zero-order valence-electron chi connectivity index (χ0n) is 10.0. The van der Waals surface area contributed by atoms with Crippen molar-refractivity contribution in [3.05, 3.63) is 53.6 Å². The molecule has 1 amide bonds. The van der Waals surface area contributed by atoms with Gasteiger partial charge in [-0.15, -0.1) is 0 Å². The molecule has 0 saturated heterocycles. The van der Waals surface area contributed by atoms with E-state index in [4.69, 9.17) is 4.74 Å². The molecule has 19 heavy (non-hydrogen) atoms. The Bertz CT molecular complexity index is 643. The number of hydrogen-bond acceptors (Lipinski definition) is 3. The molecule has 0 saturated carbocycles. The van der Waals surface area contributed by atoms with Crippen LogP contribution in [0.1, 0.15) is 11.3 Å². The average Bonchev–Trinajstić information content (AvgIpc) is 2.41. The largest absolute Gasteiger partial charge is 0.454 e. The fourth-order valence-electron chi connectivity index (χ4n) is 2.00. The van der Waals surface area contributed by atoms with E-state index < -0.39 is 5.82 Å². The van der Waals surface area contributed by atoms with E-state index >= 15 is 0 Å². The Morgan fingerprint density at radius 3 is 2.89 bits per heavy atom. The molecule has 4 nitrogen and oxygen atoms in total. The predicted octanol–water partition coefficient (Wildman–Crippen LogP) is 2.19. The summed E-state index contributed by atoms with van der Waals surface area (Å²) in [5.41, 5.74) is 1.47.